The number of aromatic nitrogens is 2. The monoisotopic (exact) mass is 276 g/mol. The van der Waals surface area contributed by atoms with Gasteiger partial charge in [-0.05, 0) is 6.92 Å². The van der Waals surface area contributed by atoms with Gasteiger partial charge >= 0.3 is 12.2 Å². The summed E-state index contributed by atoms with van der Waals surface area (Å²) in [6.45, 7) is 0.407. The molecular weight excluding hydrogens is 261 g/mol. The maximum atomic E-state index is 12.1. The van der Waals surface area contributed by atoms with Gasteiger partial charge in [0.05, 0.1) is 5.69 Å². The number of nitrogens with zero attached hydrogens (tertiary/aromatic N) is 3. The van der Waals surface area contributed by atoms with Crippen LogP contribution in [-0.4, -0.2) is 46.7 Å². The molecule has 5 nitrogen and oxygen atoms in total. The fourth-order valence-corrected chi connectivity index (χ4v) is 1.46. The van der Waals surface area contributed by atoms with Gasteiger partial charge in [0.1, 0.15) is 6.54 Å². The van der Waals surface area contributed by atoms with E-state index in [-0.39, 0.29) is 6.04 Å². The molecule has 8 heteroatoms. The van der Waals surface area contributed by atoms with Gasteiger partial charge in [0.2, 0.25) is 0 Å². The van der Waals surface area contributed by atoms with Gasteiger partial charge in [0, 0.05) is 38.1 Å². The first-order chi connectivity index (χ1) is 8.78. The first kappa shape index (κ1) is 15.2. The Kier molecular flexibility index (Phi) is 5.08. The highest BCUT2D eigenvalue weighted by Gasteiger charge is 2.31. The SMILES string of the molecule is C[C@H](Cc1cnccn1)NC(=O)N(C)CC(F)(F)F. The molecule has 2 amide bonds. The molecule has 1 aromatic heterocycles. The lowest BCUT2D eigenvalue weighted by Crippen LogP contribution is -2.46. The van der Waals surface area contributed by atoms with E-state index in [1.54, 1.807) is 13.1 Å². The van der Waals surface area contributed by atoms with E-state index in [1.165, 1.54) is 12.4 Å². The Labute approximate surface area is 108 Å². The molecule has 0 saturated heterocycles. The number of carbonyl (C=O) groups excluding carboxylic acids is 1. The van der Waals surface area contributed by atoms with Crippen molar-refractivity contribution in [2.24, 2.45) is 0 Å². The molecule has 0 spiro atoms. The van der Waals surface area contributed by atoms with E-state index in [4.69, 9.17) is 0 Å². The summed E-state index contributed by atoms with van der Waals surface area (Å²) in [6, 6.07) is -1.10. The number of alkyl halides is 3. The molecule has 0 unspecified atom stereocenters. The summed E-state index contributed by atoms with van der Waals surface area (Å²) in [5, 5.41) is 2.47. The molecule has 1 heterocycles. The number of nitrogens with one attached hydrogen (secondary N) is 1. The Bertz CT molecular complexity index is 410. The lowest BCUT2D eigenvalue weighted by molar-refractivity contribution is -0.137. The van der Waals surface area contributed by atoms with Gasteiger partial charge in [-0.1, -0.05) is 0 Å². The largest absolute Gasteiger partial charge is 0.406 e. The van der Waals surface area contributed by atoms with Crippen LogP contribution < -0.4 is 5.32 Å². The molecular formula is C11H15F3N4O. The summed E-state index contributed by atoms with van der Waals surface area (Å²) >= 11 is 0. The summed E-state index contributed by atoms with van der Waals surface area (Å²) in [5.74, 6) is 0. The zero-order valence-electron chi connectivity index (χ0n) is 10.6. The highest BCUT2D eigenvalue weighted by molar-refractivity contribution is 5.74. The molecule has 0 saturated carbocycles. The Balaban J connectivity index is 2.44. The average molecular weight is 276 g/mol. The number of urea groups is 1. The second-order valence-corrected chi connectivity index (χ2v) is 4.22. The van der Waals surface area contributed by atoms with Crippen LogP contribution >= 0.6 is 0 Å². The minimum atomic E-state index is -4.40. The van der Waals surface area contributed by atoms with Gasteiger partial charge in [-0.15, -0.1) is 0 Å². The molecule has 0 aliphatic heterocycles. The van der Waals surface area contributed by atoms with Crippen LogP contribution in [0.3, 0.4) is 0 Å². The van der Waals surface area contributed by atoms with Crippen molar-refractivity contribution in [2.45, 2.75) is 25.6 Å². The molecule has 0 aliphatic rings. The van der Waals surface area contributed by atoms with E-state index in [0.717, 1.165) is 7.05 Å². The normalized spacial score (nSPS) is 12.9. The third-order valence-electron chi connectivity index (χ3n) is 2.27. The van der Waals surface area contributed by atoms with Crippen molar-refractivity contribution in [1.82, 2.24) is 20.2 Å². The third kappa shape index (κ3) is 6.03. The second-order valence-electron chi connectivity index (χ2n) is 4.22. The van der Waals surface area contributed by atoms with Crippen LogP contribution in [0.2, 0.25) is 0 Å². The number of amides is 2. The topological polar surface area (TPSA) is 58.1 Å². The minimum Gasteiger partial charge on any atom is -0.335 e. The molecule has 0 aromatic carbocycles. The van der Waals surface area contributed by atoms with Crippen LogP contribution in [0.1, 0.15) is 12.6 Å². The number of halogens is 3. The fourth-order valence-electron chi connectivity index (χ4n) is 1.46. The highest BCUT2D eigenvalue weighted by Crippen LogP contribution is 2.15. The maximum Gasteiger partial charge on any atom is 0.406 e. The molecule has 1 N–H and O–H groups in total. The van der Waals surface area contributed by atoms with E-state index in [9.17, 15) is 18.0 Å². The lowest BCUT2D eigenvalue weighted by Gasteiger charge is -2.22. The molecule has 0 bridgehead atoms. The van der Waals surface area contributed by atoms with Crippen molar-refractivity contribution < 1.29 is 18.0 Å². The summed E-state index contributed by atoms with van der Waals surface area (Å²) in [7, 11) is 1.10. The van der Waals surface area contributed by atoms with Crippen LogP contribution in [0.4, 0.5) is 18.0 Å². The zero-order valence-corrected chi connectivity index (χ0v) is 10.6. The minimum absolute atomic E-state index is 0.333. The van der Waals surface area contributed by atoms with Gasteiger partial charge < -0.3 is 10.2 Å². The van der Waals surface area contributed by atoms with Crippen LogP contribution in [-0.2, 0) is 6.42 Å². The number of hydrogen-bond acceptors (Lipinski definition) is 3. The maximum absolute atomic E-state index is 12.1. The summed E-state index contributed by atoms with van der Waals surface area (Å²) in [4.78, 5) is 20.0. The molecule has 1 rings (SSSR count). The number of carbonyl (C=O) groups is 1. The Morgan fingerprint density at radius 3 is 2.68 bits per heavy atom. The van der Waals surface area contributed by atoms with E-state index < -0.39 is 18.8 Å². The van der Waals surface area contributed by atoms with Crippen molar-refractivity contribution >= 4 is 6.03 Å². The Morgan fingerprint density at radius 1 is 1.47 bits per heavy atom. The predicted octanol–water partition coefficient (Wildman–Crippen LogP) is 1.61. The molecule has 0 aliphatic carbocycles. The smallest absolute Gasteiger partial charge is 0.335 e. The Morgan fingerprint density at radius 2 is 2.16 bits per heavy atom. The van der Waals surface area contributed by atoms with Crippen molar-refractivity contribution in [1.29, 1.82) is 0 Å². The van der Waals surface area contributed by atoms with Gasteiger partial charge in [-0.2, -0.15) is 13.2 Å². The van der Waals surface area contributed by atoms with Crippen LogP contribution in [0, 0.1) is 0 Å². The molecule has 1 atom stereocenters. The van der Waals surface area contributed by atoms with Crippen molar-refractivity contribution in [3.05, 3.63) is 24.3 Å². The van der Waals surface area contributed by atoms with E-state index >= 15 is 0 Å². The fraction of sp³-hybridized carbons (Fsp3) is 0.545. The zero-order chi connectivity index (χ0) is 14.5. The molecule has 0 fully saturated rings. The standard InChI is InChI=1S/C11H15F3N4O/c1-8(5-9-6-15-3-4-16-9)17-10(19)18(2)7-11(12,13)14/h3-4,6,8H,5,7H2,1-2H3,(H,17,19)/t8-/m1/s1. The summed E-state index contributed by atoms with van der Waals surface area (Å²) in [6.07, 6.45) is 0.575. The molecule has 0 radical (unpaired) electrons. The number of hydrogen-bond donors (Lipinski definition) is 1. The van der Waals surface area contributed by atoms with Crippen molar-refractivity contribution in [3.63, 3.8) is 0 Å². The molecule has 1 aromatic rings. The summed E-state index contributed by atoms with van der Waals surface area (Å²) < 4.78 is 36.3. The number of rotatable bonds is 4. The van der Waals surface area contributed by atoms with E-state index in [1.807, 2.05) is 0 Å². The van der Waals surface area contributed by atoms with Crippen molar-refractivity contribution in [3.8, 4) is 0 Å². The Hall–Kier alpha value is -1.86. The average Bonchev–Trinajstić information content (AvgIpc) is 2.27. The van der Waals surface area contributed by atoms with Gasteiger partial charge in [-0.25, -0.2) is 4.79 Å². The first-order valence-electron chi connectivity index (χ1n) is 5.61. The summed E-state index contributed by atoms with van der Waals surface area (Å²) in [5.41, 5.74) is 0.661. The van der Waals surface area contributed by atoms with E-state index in [2.05, 4.69) is 15.3 Å². The first-order valence-corrected chi connectivity index (χ1v) is 5.61. The van der Waals surface area contributed by atoms with Crippen molar-refractivity contribution in [2.75, 3.05) is 13.6 Å². The quantitative estimate of drug-likeness (QED) is 0.909. The molecule has 19 heavy (non-hydrogen) atoms. The van der Waals surface area contributed by atoms with Gasteiger partial charge in [0.15, 0.2) is 0 Å². The predicted molar refractivity (Wildman–Crippen MR) is 62.4 cm³/mol. The lowest BCUT2D eigenvalue weighted by atomic mass is 10.2. The second kappa shape index (κ2) is 6.35. The van der Waals surface area contributed by atoms with Crippen LogP contribution in [0.25, 0.3) is 0 Å². The third-order valence-corrected chi connectivity index (χ3v) is 2.27. The van der Waals surface area contributed by atoms with Gasteiger partial charge in [-0.3, -0.25) is 9.97 Å². The highest BCUT2D eigenvalue weighted by atomic mass is 19.4. The van der Waals surface area contributed by atoms with E-state index in [0.29, 0.717) is 17.0 Å². The molecule has 106 valence electrons. The van der Waals surface area contributed by atoms with Gasteiger partial charge in [0.25, 0.3) is 0 Å². The van der Waals surface area contributed by atoms with Crippen LogP contribution in [0.15, 0.2) is 18.6 Å². The van der Waals surface area contributed by atoms with Crippen LogP contribution in [0.5, 0.6) is 0 Å².